The standard InChI is InChI=1S/C13H24N4/c1-7-13(5,8-2)17-12-9(3)11(14-6)15-10(4)16-12/h7-8H2,1-6H3,(H2,14,15,16,17). The summed E-state index contributed by atoms with van der Waals surface area (Å²) < 4.78 is 0. The van der Waals surface area contributed by atoms with Gasteiger partial charge in [-0.2, -0.15) is 0 Å². The highest BCUT2D eigenvalue weighted by Crippen LogP contribution is 2.25. The maximum atomic E-state index is 4.50. The Morgan fingerprint density at radius 3 is 2.06 bits per heavy atom. The molecule has 0 amide bonds. The first-order chi connectivity index (χ1) is 7.95. The van der Waals surface area contributed by atoms with Crippen LogP contribution < -0.4 is 10.6 Å². The molecule has 0 aromatic carbocycles. The SMILES string of the molecule is CCC(C)(CC)Nc1nc(C)nc(NC)c1C. The van der Waals surface area contributed by atoms with Gasteiger partial charge in [-0.1, -0.05) is 13.8 Å². The van der Waals surface area contributed by atoms with E-state index in [-0.39, 0.29) is 5.54 Å². The molecular formula is C13H24N4. The molecule has 0 saturated heterocycles. The predicted octanol–water partition coefficient (Wildman–Crippen LogP) is 3.13. The molecule has 1 aromatic heterocycles. The lowest BCUT2D eigenvalue weighted by Gasteiger charge is -2.30. The van der Waals surface area contributed by atoms with Gasteiger partial charge in [0, 0.05) is 18.2 Å². The summed E-state index contributed by atoms with van der Waals surface area (Å²) >= 11 is 0. The average Bonchev–Trinajstić information content (AvgIpc) is 2.33. The van der Waals surface area contributed by atoms with Crippen LogP contribution in [0.2, 0.25) is 0 Å². The van der Waals surface area contributed by atoms with E-state index in [2.05, 4.69) is 41.4 Å². The second-order valence-electron chi connectivity index (χ2n) is 4.74. The van der Waals surface area contributed by atoms with Crippen molar-refractivity contribution in [3.63, 3.8) is 0 Å². The normalized spacial score (nSPS) is 11.4. The van der Waals surface area contributed by atoms with Crippen molar-refractivity contribution >= 4 is 11.6 Å². The van der Waals surface area contributed by atoms with Crippen molar-refractivity contribution in [2.75, 3.05) is 17.7 Å². The fraction of sp³-hybridized carbons (Fsp3) is 0.692. The van der Waals surface area contributed by atoms with Crippen LogP contribution in [0.1, 0.15) is 45.0 Å². The van der Waals surface area contributed by atoms with Crippen LogP contribution >= 0.6 is 0 Å². The number of anilines is 2. The molecule has 0 aliphatic rings. The van der Waals surface area contributed by atoms with E-state index >= 15 is 0 Å². The number of aryl methyl sites for hydroxylation is 1. The van der Waals surface area contributed by atoms with Gasteiger partial charge in [-0.05, 0) is 33.6 Å². The highest BCUT2D eigenvalue weighted by Gasteiger charge is 2.21. The largest absolute Gasteiger partial charge is 0.373 e. The van der Waals surface area contributed by atoms with Crippen LogP contribution in [0.25, 0.3) is 0 Å². The summed E-state index contributed by atoms with van der Waals surface area (Å²) in [5.74, 6) is 2.62. The summed E-state index contributed by atoms with van der Waals surface area (Å²) in [5, 5.41) is 6.65. The predicted molar refractivity (Wildman–Crippen MR) is 73.7 cm³/mol. The van der Waals surface area contributed by atoms with E-state index in [0.29, 0.717) is 0 Å². The molecule has 2 N–H and O–H groups in total. The molecule has 17 heavy (non-hydrogen) atoms. The van der Waals surface area contributed by atoms with Gasteiger partial charge in [0.15, 0.2) is 0 Å². The van der Waals surface area contributed by atoms with Gasteiger partial charge in [0.05, 0.1) is 0 Å². The zero-order valence-corrected chi connectivity index (χ0v) is 11.8. The summed E-state index contributed by atoms with van der Waals surface area (Å²) in [5.41, 5.74) is 1.17. The first kappa shape index (κ1) is 13.7. The fourth-order valence-electron chi connectivity index (χ4n) is 1.71. The Labute approximate surface area is 104 Å². The monoisotopic (exact) mass is 236 g/mol. The molecule has 1 heterocycles. The smallest absolute Gasteiger partial charge is 0.135 e. The van der Waals surface area contributed by atoms with Crippen molar-refractivity contribution in [3.05, 3.63) is 11.4 Å². The maximum Gasteiger partial charge on any atom is 0.135 e. The zero-order valence-electron chi connectivity index (χ0n) is 11.8. The van der Waals surface area contributed by atoms with E-state index in [1.807, 2.05) is 20.9 Å². The summed E-state index contributed by atoms with van der Waals surface area (Å²) in [6, 6.07) is 0. The van der Waals surface area contributed by atoms with E-state index in [1.54, 1.807) is 0 Å². The molecule has 4 heteroatoms. The van der Waals surface area contributed by atoms with E-state index in [1.165, 1.54) is 0 Å². The molecule has 0 fully saturated rings. The van der Waals surface area contributed by atoms with Crippen molar-refractivity contribution in [3.8, 4) is 0 Å². The van der Waals surface area contributed by atoms with Gasteiger partial charge < -0.3 is 10.6 Å². The molecule has 0 atom stereocenters. The van der Waals surface area contributed by atoms with E-state index in [0.717, 1.165) is 35.9 Å². The van der Waals surface area contributed by atoms with Gasteiger partial charge in [0.2, 0.25) is 0 Å². The van der Waals surface area contributed by atoms with Crippen LogP contribution in [0.15, 0.2) is 0 Å². The minimum atomic E-state index is 0.0938. The topological polar surface area (TPSA) is 49.8 Å². The van der Waals surface area contributed by atoms with Crippen LogP contribution in [0, 0.1) is 13.8 Å². The van der Waals surface area contributed by atoms with E-state index in [4.69, 9.17) is 0 Å². The number of rotatable bonds is 5. The maximum absolute atomic E-state index is 4.50. The molecule has 96 valence electrons. The van der Waals surface area contributed by atoms with Crippen LogP contribution in [0.3, 0.4) is 0 Å². The van der Waals surface area contributed by atoms with Gasteiger partial charge in [0.25, 0.3) is 0 Å². The number of aromatic nitrogens is 2. The molecule has 4 nitrogen and oxygen atoms in total. The van der Waals surface area contributed by atoms with Crippen molar-refractivity contribution in [1.29, 1.82) is 0 Å². The molecular weight excluding hydrogens is 212 g/mol. The first-order valence-electron chi connectivity index (χ1n) is 6.27. The number of nitrogens with one attached hydrogen (secondary N) is 2. The lowest BCUT2D eigenvalue weighted by atomic mass is 9.95. The molecule has 0 aliphatic heterocycles. The molecule has 0 aliphatic carbocycles. The van der Waals surface area contributed by atoms with Crippen LogP contribution in [-0.4, -0.2) is 22.6 Å². The molecule has 0 spiro atoms. The lowest BCUT2D eigenvalue weighted by molar-refractivity contribution is 0.476. The van der Waals surface area contributed by atoms with Gasteiger partial charge in [-0.25, -0.2) is 9.97 Å². The Hall–Kier alpha value is -1.32. The first-order valence-corrected chi connectivity index (χ1v) is 6.27. The summed E-state index contributed by atoms with van der Waals surface area (Å²) in [6.07, 6.45) is 2.14. The summed E-state index contributed by atoms with van der Waals surface area (Å²) in [6.45, 7) is 10.6. The van der Waals surface area contributed by atoms with E-state index in [9.17, 15) is 0 Å². The van der Waals surface area contributed by atoms with Gasteiger partial charge >= 0.3 is 0 Å². The van der Waals surface area contributed by atoms with Gasteiger partial charge in [-0.3, -0.25) is 0 Å². The molecule has 0 bridgehead atoms. The Bertz CT molecular complexity index is 383. The second kappa shape index (κ2) is 5.34. The van der Waals surface area contributed by atoms with E-state index < -0.39 is 0 Å². The third-order valence-corrected chi connectivity index (χ3v) is 3.48. The van der Waals surface area contributed by atoms with Crippen molar-refractivity contribution in [2.24, 2.45) is 0 Å². The van der Waals surface area contributed by atoms with Crippen molar-refractivity contribution in [2.45, 2.75) is 53.0 Å². The number of nitrogens with zero attached hydrogens (tertiary/aromatic N) is 2. The Balaban J connectivity index is 3.10. The third-order valence-electron chi connectivity index (χ3n) is 3.48. The van der Waals surface area contributed by atoms with Crippen molar-refractivity contribution in [1.82, 2.24) is 9.97 Å². The molecule has 0 radical (unpaired) electrons. The van der Waals surface area contributed by atoms with Crippen molar-refractivity contribution < 1.29 is 0 Å². The molecule has 0 unspecified atom stereocenters. The van der Waals surface area contributed by atoms with Crippen LogP contribution in [0.5, 0.6) is 0 Å². The minimum Gasteiger partial charge on any atom is -0.373 e. The Morgan fingerprint density at radius 2 is 1.59 bits per heavy atom. The molecule has 1 rings (SSSR count). The summed E-state index contributed by atoms with van der Waals surface area (Å²) in [7, 11) is 1.89. The summed E-state index contributed by atoms with van der Waals surface area (Å²) in [4.78, 5) is 8.87. The Kier molecular flexibility index (Phi) is 4.32. The zero-order chi connectivity index (χ0) is 13.1. The number of hydrogen-bond donors (Lipinski definition) is 2. The number of hydrogen-bond acceptors (Lipinski definition) is 4. The highest BCUT2D eigenvalue weighted by atomic mass is 15.1. The van der Waals surface area contributed by atoms with Crippen LogP contribution in [0.4, 0.5) is 11.6 Å². The van der Waals surface area contributed by atoms with Gasteiger partial charge in [-0.15, -0.1) is 0 Å². The average molecular weight is 236 g/mol. The third kappa shape index (κ3) is 3.08. The lowest BCUT2D eigenvalue weighted by Crippen LogP contribution is -2.34. The minimum absolute atomic E-state index is 0.0938. The molecule has 0 saturated carbocycles. The van der Waals surface area contributed by atoms with Gasteiger partial charge in [0.1, 0.15) is 17.5 Å². The quantitative estimate of drug-likeness (QED) is 0.824. The fourth-order valence-corrected chi connectivity index (χ4v) is 1.71. The van der Waals surface area contributed by atoms with Crippen LogP contribution in [-0.2, 0) is 0 Å². The molecule has 1 aromatic rings. The second-order valence-corrected chi connectivity index (χ2v) is 4.74. The Morgan fingerprint density at radius 1 is 1.06 bits per heavy atom. The highest BCUT2D eigenvalue weighted by molar-refractivity contribution is 5.57.